The molecule has 4 rings (SSSR count). The van der Waals surface area contributed by atoms with Gasteiger partial charge in [-0.3, -0.25) is 0 Å². The van der Waals surface area contributed by atoms with Crippen LogP contribution in [0.3, 0.4) is 0 Å². The van der Waals surface area contributed by atoms with Crippen molar-refractivity contribution in [3.63, 3.8) is 0 Å². The molecule has 4 aromatic carbocycles. The molecule has 0 aliphatic heterocycles. The Kier molecular flexibility index (Phi) is 11.1. The van der Waals surface area contributed by atoms with E-state index in [1.807, 2.05) is 12.1 Å². The van der Waals surface area contributed by atoms with E-state index in [2.05, 4.69) is 69.2 Å². The number of aromatic hydroxyl groups is 2. The van der Waals surface area contributed by atoms with E-state index in [1.165, 1.54) is 24.3 Å². The fourth-order valence-electron chi connectivity index (χ4n) is 7.61. The van der Waals surface area contributed by atoms with Gasteiger partial charge >= 0.3 is 0 Å². The summed E-state index contributed by atoms with van der Waals surface area (Å²) in [5.41, 5.74) is 3.20. The van der Waals surface area contributed by atoms with E-state index in [1.54, 1.807) is 36.4 Å². The maximum absolute atomic E-state index is 14.4. The first kappa shape index (κ1) is 37.8. The topological polar surface area (TPSA) is 58.9 Å². The van der Waals surface area contributed by atoms with Gasteiger partial charge in [0, 0.05) is 17.5 Å². The standard InChI is InChI=1S/C43H54F2O4/c1-40(2,3)26-42(7,8)32-18-20-34(46)36(28-14-11-16-30(44)24-28)38(32)48-22-13-23-49-39-33(43(9,10)27-41(4,5)6)19-21-35(47)37(39)29-15-12-17-31(45)25-29/h11-12,14-21,24-25,46-47H,13,22-23,26-27H2,1-10H3. The van der Waals surface area contributed by atoms with Crippen molar-refractivity contribution in [1.82, 2.24) is 0 Å². The molecule has 0 saturated heterocycles. The first-order valence-electron chi connectivity index (χ1n) is 17.2. The summed E-state index contributed by atoms with van der Waals surface area (Å²) in [5.74, 6) is 0.256. The zero-order chi connectivity index (χ0) is 36.4. The van der Waals surface area contributed by atoms with Gasteiger partial charge < -0.3 is 19.7 Å². The van der Waals surface area contributed by atoms with Crippen LogP contribution in [0.4, 0.5) is 8.78 Å². The van der Waals surface area contributed by atoms with Crippen molar-refractivity contribution in [2.45, 2.75) is 99.3 Å². The minimum absolute atomic E-state index is 0.0115. The van der Waals surface area contributed by atoms with Gasteiger partial charge in [-0.15, -0.1) is 0 Å². The van der Waals surface area contributed by atoms with E-state index in [0.29, 0.717) is 40.2 Å². The summed E-state index contributed by atoms with van der Waals surface area (Å²) in [6.45, 7) is 22.3. The molecule has 0 heterocycles. The van der Waals surface area contributed by atoms with Crippen LogP contribution < -0.4 is 9.47 Å². The molecule has 4 nitrogen and oxygen atoms in total. The van der Waals surface area contributed by atoms with E-state index >= 15 is 0 Å². The highest BCUT2D eigenvalue weighted by Gasteiger charge is 2.34. The molecule has 0 aliphatic rings. The van der Waals surface area contributed by atoms with Gasteiger partial charge in [-0.25, -0.2) is 8.78 Å². The van der Waals surface area contributed by atoms with Gasteiger partial charge in [0.1, 0.15) is 34.6 Å². The molecule has 0 fully saturated rings. The van der Waals surface area contributed by atoms with Crippen LogP contribution >= 0.6 is 0 Å². The Morgan fingerprint density at radius 1 is 0.531 bits per heavy atom. The molecule has 49 heavy (non-hydrogen) atoms. The Hall–Kier alpha value is -4.06. The summed E-state index contributed by atoms with van der Waals surface area (Å²) in [7, 11) is 0. The number of hydrogen-bond acceptors (Lipinski definition) is 4. The van der Waals surface area contributed by atoms with E-state index in [0.717, 1.165) is 24.0 Å². The molecular weight excluding hydrogens is 618 g/mol. The van der Waals surface area contributed by atoms with Gasteiger partial charge in [-0.05, 0) is 82.0 Å². The maximum Gasteiger partial charge on any atom is 0.134 e. The quantitative estimate of drug-likeness (QED) is 0.147. The second-order valence-electron chi connectivity index (χ2n) is 17.0. The number of benzene rings is 4. The Labute approximate surface area is 292 Å². The molecule has 0 bridgehead atoms. The molecule has 0 saturated carbocycles. The first-order valence-corrected chi connectivity index (χ1v) is 17.2. The van der Waals surface area contributed by atoms with Gasteiger partial charge in [-0.1, -0.05) is 106 Å². The average Bonchev–Trinajstić information content (AvgIpc) is 2.94. The number of hydrogen-bond donors (Lipinski definition) is 2. The lowest BCUT2D eigenvalue weighted by atomic mass is 9.71. The third-order valence-corrected chi connectivity index (χ3v) is 8.68. The minimum Gasteiger partial charge on any atom is -0.507 e. The van der Waals surface area contributed by atoms with Crippen LogP contribution in [0, 0.1) is 22.5 Å². The van der Waals surface area contributed by atoms with Crippen molar-refractivity contribution >= 4 is 0 Å². The van der Waals surface area contributed by atoms with Gasteiger partial charge in [0.05, 0.1) is 24.3 Å². The lowest BCUT2D eigenvalue weighted by molar-refractivity contribution is 0.231. The zero-order valence-corrected chi connectivity index (χ0v) is 30.9. The van der Waals surface area contributed by atoms with Gasteiger partial charge in [0.25, 0.3) is 0 Å². The molecular formula is C43H54F2O4. The summed E-state index contributed by atoms with van der Waals surface area (Å²) < 4.78 is 41.9. The molecule has 0 amide bonds. The van der Waals surface area contributed by atoms with Crippen molar-refractivity contribution in [2.24, 2.45) is 10.8 Å². The minimum atomic E-state index is -0.402. The molecule has 0 spiro atoms. The van der Waals surface area contributed by atoms with Crippen LogP contribution in [-0.2, 0) is 10.8 Å². The number of ether oxygens (including phenoxy) is 2. The zero-order valence-electron chi connectivity index (χ0n) is 30.9. The fraction of sp³-hybridized carbons (Fsp3) is 0.442. The summed E-state index contributed by atoms with van der Waals surface area (Å²) in [6.07, 6.45) is 2.16. The average molecular weight is 673 g/mol. The Morgan fingerprint density at radius 3 is 1.22 bits per heavy atom. The van der Waals surface area contributed by atoms with Crippen LogP contribution in [0.2, 0.25) is 0 Å². The van der Waals surface area contributed by atoms with Crippen molar-refractivity contribution in [1.29, 1.82) is 0 Å². The molecule has 0 aromatic heterocycles. The SMILES string of the molecule is CC(C)(C)CC(C)(C)c1ccc(O)c(-c2cccc(F)c2)c1OCCCOc1c(C(C)(C)CC(C)(C)C)ccc(O)c1-c1cccc(F)c1. The Bertz CT molecular complexity index is 1630. The van der Waals surface area contributed by atoms with Crippen LogP contribution in [0.25, 0.3) is 22.3 Å². The lowest BCUT2D eigenvalue weighted by Gasteiger charge is -2.35. The monoisotopic (exact) mass is 672 g/mol. The van der Waals surface area contributed by atoms with E-state index in [-0.39, 0.29) is 46.4 Å². The summed E-state index contributed by atoms with van der Waals surface area (Å²) in [6, 6.07) is 19.5. The number of halogens is 2. The number of rotatable bonds is 12. The molecule has 0 radical (unpaired) electrons. The Balaban J connectivity index is 1.69. The highest BCUT2D eigenvalue weighted by molar-refractivity contribution is 5.80. The summed E-state index contributed by atoms with van der Waals surface area (Å²) >= 11 is 0. The second-order valence-corrected chi connectivity index (χ2v) is 17.0. The molecule has 4 aromatic rings. The van der Waals surface area contributed by atoms with Crippen molar-refractivity contribution in [3.05, 3.63) is 95.6 Å². The van der Waals surface area contributed by atoms with E-state index < -0.39 is 11.6 Å². The van der Waals surface area contributed by atoms with E-state index in [4.69, 9.17) is 9.47 Å². The normalized spacial score (nSPS) is 12.7. The van der Waals surface area contributed by atoms with Crippen molar-refractivity contribution < 1.29 is 28.5 Å². The van der Waals surface area contributed by atoms with Crippen LogP contribution in [-0.4, -0.2) is 23.4 Å². The smallest absolute Gasteiger partial charge is 0.134 e. The third kappa shape index (κ3) is 9.55. The molecule has 0 atom stereocenters. The Morgan fingerprint density at radius 2 is 0.898 bits per heavy atom. The van der Waals surface area contributed by atoms with Crippen LogP contribution in [0.1, 0.15) is 99.6 Å². The maximum atomic E-state index is 14.4. The molecule has 264 valence electrons. The largest absolute Gasteiger partial charge is 0.507 e. The summed E-state index contributed by atoms with van der Waals surface area (Å²) in [5, 5.41) is 22.2. The highest BCUT2D eigenvalue weighted by atomic mass is 19.1. The lowest BCUT2D eigenvalue weighted by Crippen LogP contribution is -2.26. The number of phenols is 2. The molecule has 2 N–H and O–H groups in total. The molecule has 6 heteroatoms. The predicted octanol–water partition coefficient (Wildman–Crippen LogP) is 12.0. The van der Waals surface area contributed by atoms with E-state index in [9.17, 15) is 19.0 Å². The highest BCUT2D eigenvalue weighted by Crippen LogP contribution is 2.49. The van der Waals surface area contributed by atoms with Gasteiger partial charge in [0.15, 0.2) is 0 Å². The molecule has 0 aliphatic carbocycles. The van der Waals surface area contributed by atoms with Crippen molar-refractivity contribution in [3.8, 4) is 45.3 Å². The molecule has 0 unspecified atom stereocenters. The third-order valence-electron chi connectivity index (χ3n) is 8.68. The van der Waals surface area contributed by atoms with Gasteiger partial charge in [0.2, 0.25) is 0 Å². The number of phenolic OH excluding ortho intramolecular Hbond substituents is 2. The van der Waals surface area contributed by atoms with Gasteiger partial charge in [-0.2, -0.15) is 0 Å². The van der Waals surface area contributed by atoms with Crippen LogP contribution in [0.5, 0.6) is 23.0 Å². The summed E-state index contributed by atoms with van der Waals surface area (Å²) in [4.78, 5) is 0. The van der Waals surface area contributed by atoms with Crippen LogP contribution in [0.15, 0.2) is 72.8 Å². The first-order chi connectivity index (χ1) is 22.7. The second kappa shape index (κ2) is 14.4. The predicted molar refractivity (Wildman–Crippen MR) is 197 cm³/mol. The fourth-order valence-corrected chi connectivity index (χ4v) is 7.61. The van der Waals surface area contributed by atoms with Crippen molar-refractivity contribution in [2.75, 3.05) is 13.2 Å².